The van der Waals surface area contributed by atoms with E-state index in [1.54, 1.807) is 0 Å². The Labute approximate surface area is 163 Å². The fraction of sp³-hybridized carbons (Fsp3) is 0.950. The van der Waals surface area contributed by atoms with Crippen molar-refractivity contribution in [2.45, 2.75) is 71.1 Å². The Morgan fingerprint density at radius 2 is 1.88 bits per heavy atom. The molecular formula is C20H40N4OS. The van der Waals surface area contributed by atoms with Gasteiger partial charge in [0, 0.05) is 54.0 Å². The normalized spacial score (nSPS) is 32.2. The molecule has 0 amide bonds. The van der Waals surface area contributed by atoms with Crippen LogP contribution in [0, 0.1) is 11.8 Å². The summed E-state index contributed by atoms with van der Waals surface area (Å²) in [4.78, 5) is 7.38. The van der Waals surface area contributed by atoms with E-state index in [0.717, 1.165) is 68.9 Å². The molecule has 0 aromatic heterocycles. The van der Waals surface area contributed by atoms with Crippen molar-refractivity contribution in [1.29, 1.82) is 0 Å². The van der Waals surface area contributed by atoms with Crippen LogP contribution in [0.1, 0.15) is 59.8 Å². The molecule has 2 N–H and O–H groups in total. The highest BCUT2D eigenvalue weighted by atomic mass is 32.2. The van der Waals surface area contributed by atoms with E-state index in [0.29, 0.717) is 11.3 Å². The second kappa shape index (κ2) is 11.3. The molecule has 0 aromatic rings. The average molecular weight is 385 g/mol. The van der Waals surface area contributed by atoms with Gasteiger partial charge < -0.3 is 15.5 Å². The molecule has 0 bridgehead atoms. The molecule has 2 fully saturated rings. The summed E-state index contributed by atoms with van der Waals surface area (Å²) in [5, 5.41) is 7.35. The lowest BCUT2D eigenvalue weighted by molar-refractivity contribution is 0.145. The van der Waals surface area contributed by atoms with Crippen LogP contribution < -0.4 is 10.6 Å². The van der Waals surface area contributed by atoms with Crippen LogP contribution in [0.15, 0.2) is 4.99 Å². The quantitative estimate of drug-likeness (QED) is 0.523. The van der Waals surface area contributed by atoms with Crippen LogP contribution in [0.2, 0.25) is 0 Å². The molecule has 0 radical (unpaired) electrons. The van der Waals surface area contributed by atoms with Crippen LogP contribution in [0.3, 0.4) is 0 Å². The summed E-state index contributed by atoms with van der Waals surface area (Å²) in [5.41, 5.74) is 0. The van der Waals surface area contributed by atoms with Gasteiger partial charge in [-0.05, 0) is 44.4 Å². The second-order valence-electron chi connectivity index (χ2n) is 8.27. The van der Waals surface area contributed by atoms with Gasteiger partial charge in [-0.15, -0.1) is 0 Å². The van der Waals surface area contributed by atoms with Gasteiger partial charge in [0.05, 0.1) is 6.54 Å². The number of guanidine groups is 1. The van der Waals surface area contributed by atoms with Crippen molar-refractivity contribution >= 4 is 16.8 Å². The second-order valence-corrected chi connectivity index (χ2v) is 10.3. The van der Waals surface area contributed by atoms with Gasteiger partial charge in [-0.2, -0.15) is 0 Å². The minimum Gasteiger partial charge on any atom is -0.357 e. The van der Waals surface area contributed by atoms with Crippen LogP contribution in [0.4, 0.5) is 0 Å². The lowest BCUT2D eigenvalue weighted by atomic mass is 9.92. The fourth-order valence-electron chi connectivity index (χ4n) is 4.54. The van der Waals surface area contributed by atoms with E-state index in [1.165, 1.54) is 19.5 Å². The molecule has 26 heavy (non-hydrogen) atoms. The molecule has 152 valence electrons. The molecule has 1 aliphatic carbocycles. The summed E-state index contributed by atoms with van der Waals surface area (Å²) < 4.78 is 12.2. The minimum absolute atomic E-state index is 0.352. The fourth-order valence-corrected chi connectivity index (χ4v) is 5.89. The third kappa shape index (κ3) is 7.18. The number of hydrogen-bond acceptors (Lipinski definition) is 3. The van der Waals surface area contributed by atoms with E-state index in [-0.39, 0.29) is 0 Å². The molecule has 0 spiro atoms. The van der Waals surface area contributed by atoms with Crippen molar-refractivity contribution in [2.75, 3.05) is 38.5 Å². The SMILES string of the molecule is CCNC(=NCCN1CC(C)CC(C)C1)NC1CCCC(S(=O)CC)C1. The third-order valence-corrected chi connectivity index (χ3v) is 7.34. The highest BCUT2D eigenvalue weighted by Gasteiger charge is 2.26. The number of likely N-dealkylation sites (tertiary alicyclic amines) is 1. The first-order chi connectivity index (χ1) is 12.5. The molecule has 1 heterocycles. The van der Waals surface area contributed by atoms with Gasteiger partial charge in [0.15, 0.2) is 5.96 Å². The summed E-state index contributed by atoms with van der Waals surface area (Å²) in [6.07, 6.45) is 5.79. The summed E-state index contributed by atoms with van der Waals surface area (Å²) in [6, 6.07) is 0.400. The van der Waals surface area contributed by atoms with E-state index in [2.05, 4.69) is 36.3 Å². The summed E-state index contributed by atoms with van der Waals surface area (Å²) >= 11 is 0. The molecule has 2 rings (SSSR count). The first kappa shape index (κ1) is 21.7. The predicted molar refractivity (Wildman–Crippen MR) is 113 cm³/mol. The van der Waals surface area contributed by atoms with Crippen LogP contribution >= 0.6 is 0 Å². The molecular weight excluding hydrogens is 344 g/mol. The number of rotatable bonds is 7. The van der Waals surface area contributed by atoms with Gasteiger partial charge in [0.1, 0.15) is 0 Å². The first-order valence-electron chi connectivity index (χ1n) is 10.7. The molecule has 5 unspecified atom stereocenters. The average Bonchev–Trinajstić information content (AvgIpc) is 2.60. The Balaban J connectivity index is 1.83. The number of hydrogen-bond donors (Lipinski definition) is 2. The summed E-state index contributed by atoms with van der Waals surface area (Å²) in [6.45, 7) is 14.0. The zero-order chi connectivity index (χ0) is 18.9. The summed E-state index contributed by atoms with van der Waals surface area (Å²) in [5.74, 6) is 3.30. The van der Waals surface area contributed by atoms with Crippen molar-refractivity contribution in [3.63, 3.8) is 0 Å². The zero-order valence-electron chi connectivity index (χ0n) is 17.3. The number of nitrogens with one attached hydrogen (secondary N) is 2. The van der Waals surface area contributed by atoms with Crippen molar-refractivity contribution in [1.82, 2.24) is 15.5 Å². The third-order valence-electron chi connectivity index (χ3n) is 5.60. The Morgan fingerprint density at radius 1 is 1.15 bits per heavy atom. The van der Waals surface area contributed by atoms with Crippen LogP contribution in [-0.2, 0) is 10.8 Å². The Morgan fingerprint density at radius 3 is 2.54 bits per heavy atom. The highest BCUT2D eigenvalue weighted by molar-refractivity contribution is 7.85. The highest BCUT2D eigenvalue weighted by Crippen LogP contribution is 2.23. The monoisotopic (exact) mass is 384 g/mol. The first-order valence-corrected chi connectivity index (χ1v) is 12.0. The minimum atomic E-state index is -0.675. The molecule has 2 aliphatic rings. The van der Waals surface area contributed by atoms with Crippen molar-refractivity contribution in [2.24, 2.45) is 16.8 Å². The van der Waals surface area contributed by atoms with E-state index >= 15 is 0 Å². The molecule has 1 aliphatic heterocycles. The lowest BCUT2D eigenvalue weighted by Gasteiger charge is -2.34. The summed E-state index contributed by atoms with van der Waals surface area (Å²) in [7, 11) is -0.675. The van der Waals surface area contributed by atoms with Gasteiger partial charge in [0.2, 0.25) is 0 Å². The maximum atomic E-state index is 12.2. The lowest BCUT2D eigenvalue weighted by Crippen LogP contribution is -2.47. The van der Waals surface area contributed by atoms with Gasteiger partial charge >= 0.3 is 0 Å². The molecule has 5 atom stereocenters. The van der Waals surface area contributed by atoms with E-state index in [1.807, 2.05) is 6.92 Å². The van der Waals surface area contributed by atoms with Crippen LogP contribution in [0.25, 0.3) is 0 Å². The van der Waals surface area contributed by atoms with Crippen LogP contribution in [0.5, 0.6) is 0 Å². The molecule has 5 nitrogen and oxygen atoms in total. The van der Waals surface area contributed by atoms with Crippen molar-refractivity contribution in [3.05, 3.63) is 0 Å². The predicted octanol–water partition coefficient (Wildman–Crippen LogP) is 2.60. The Hall–Kier alpha value is -0.620. The zero-order valence-corrected chi connectivity index (χ0v) is 18.1. The topological polar surface area (TPSA) is 56.7 Å². The van der Waals surface area contributed by atoms with Crippen LogP contribution in [-0.4, -0.2) is 64.8 Å². The number of piperidine rings is 1. The molecule has 0 aromatic carbocycles. The Kier molecular flexibility index (Phi) is 9.40. The smallest absolute Gasteiger partial charge is 0.191 e. The maximum Gasteiger partial charge on any atom is 0.191 e. The van der Waals surface area contributed by atoms with E-state index in [9.17, 15) is 4.21 Å². The van der Waals surface area contributed by atoms with Gasteiger partial charge in [-0.25, -0.2) is 0 Å². The van der Waals surface area contributed by atoms with Gasteiger partial charge in [-0.3, -0.25) is 9.20 Å². The molecule has 1 saturated carbocycles. The standard InChI is InChI=1S/C20H40N4OS/c1-5-21-20(22-10-11-24-14-16(3)12-17(4)15-24)23-18-8-7-9-19(13-18)26(25)6-2/h16-19H,5-15H2,1-4H3,(H2,21,22,23). The maximum absolute atomic E-state index is 12.2. The van der Waals surface area contributed by atoms with E-state index in [4.69, 9.17) is 4.99 Å². The molecule has 1 saturated heterocycles. The Bertz CT molecular complexity index is 461. The molecule has 6 heteroatoms. The van der Waals surface area contributed by atoms with Gasteiger partial charge in [0.25, 0.3) is 0 Å². The number of aliphatic imine (C=N–C) groups is 1. The van der Waals surface area contributed by atoms with Gasteiger partial charge in [-0.1, -0.05) is 27.2 Å². The van der Waals surface area contributed by atoms with E-state index < -0.39 is 10.8 Å². The van der Waals surface area contributed by atoms with Crippen molar-refractivity contribution in [3.8, 4) is 0 Å². The largest absolute Gasteiger partial charge is 0.357 e. The number of nitrogens with zero attached hydrogens (tertiary/aromatic N) is 2. The van der Waals surface area contributed by atoms with Crippen molar-refractivity contribution < 1.29 is 4.21 Å².